The minimum atomic E-state index is 0.117. The van der Waals surface area contributed by atoms with Crippen molar-refractivity contribution in [1.29, 1.82) is 0 Å². The normalized spacial score (nSPS) is 14.4. The number of rotatable bonds is 7. The monoisotopic (exact) mass is 414 g/mol. The number of thioether (sulfide) groups is 1. The molecule has 4 rings (SSSR count). The maximum Gasteiger partial charge on any atom is 0.232 e. The molecule has 0 amide bonds. The highest BCUT2D eigenvalue weighted by Crippen LogP contribution is 2.30. The number of morpholine rings is 1. The zero-order valence-electron chi connectivity index (χ0n) is 15.7. The van der Waals surface area contributed by atoms with E-state index in [1.807, 2.05) is 29.6 Å². The lowest BCUT2D eigenvalue weighted by Crippen LogP contribution is -2.38. The first kappa shape index (κ1) is 19.2. The van der Waals surface area contributed by atoms with Crippen LogP contribution < -0.4 is 4.90 Å². The SMILES string of the molecule is CCc1ccccc1-n1c(SCC(=O)c2cccs2)nnc1N1CCOCC1. The molecule has 0 N–H and O–H groups in total. The Morgan fingerprint density at radius 1 is 1.18 bits per heavy atom. The Morgan fingerprint density at radius 2 is 2.00 bits per heavy atom. The summed E-state index contributed by atoms with van der Waals surface area (Å²) in [5, 5.41) is 11.6. The zero-order valence-corrected chi connectivity index (χ0v) is 17.3. The van der Waals surface area contributed by atoms with Crippen LogP contribution in [0.2, 0.25) is 0 Å². The Labute approximate surface area is 172 Å². The molecule has 146 valence electrons. The molecule has 0 spiro atoms. The topological polar surface area (TPSA) is 60.2 Å². The van der Waals surface area contributed by atoms with Crippen molar-refractivity contribution in [2.24, 2.45) is 0 Å². The highest BCUT2D eigenvalue weighted by atomic mass is 32.2. The van der Waals surface area contributed by atoms with Gasteiger partial charge in [0.15, 0.2) is 10.9 Å². The lowest BCUT2D eigenvalue weighted by Gasteiger charge is -2.28. The van der Waals surface area contributed by atoms with Crippen molar-refractivity contribution in [2.45, 2.75) is 18.5 Å². The van der Waals surface area contributed by atoms with Crippen molar-refractivity contribution < 1.29 is 9.53 Å². The van der Waals surface area contributed by atoms with E-state index in [-0.39, 0.29) is 5.78 Å². The first-order valence-electron chi connectivity index (χ1n) is 9.34. The lowest BCUT2D eigenvalue weighted by atomic mass is 10.1. The zero-order chi connectivity index (χ0) is 19.3. The second kappa shape index (κ2) is 8.89. The number of thiophene rings is 1. The van der Waals surface area contributed by atoms with Crippen LogP contribution in [0.3, 0.4) is 0 Å². The van der Waals surface area contributed by atoms with Crippen molar-refractivity contribution in [3.05, 3.63) is 52.2 Å². The summed E-state index contributed by atoms with van der Waals surface area (Å²) < 4.78 is 7.58. The fourth-order valence-corrected chi connectivity index (χ4v) is 4.78. The third-order valence-electron chi connectivity index (χ3n) is 4.65. The maximum absolute atomic E-state index is 12.5. The summed E-state index contributed by atoms with van der Waals surface area (Å²) in [5.74, 6) is 1.28. The van der Waals surface area contributed by atoms with Gasteiger partial charge in [0.2, 0.25) is 5.95 Å². The van der Waals surface area contributed by atoms with E-state index in [2.05, 4.69) is 38.7 Å². The molecule has 0 radical (unpaired) electrons. The van der Waals surface area contributed by atoms with Gasteiger partial charge in [0, 0.05) is 13.1 Å². The Balaban J connectivity index is 1.67. The molecule has 1 saturated heterocycles. The number of nitrogens with zero attached hydrogens (tertiary/aromatic N) is 4. The van der Waals surface area contributed by atoms with Gasteiger partial charge >= 0.3 is 0 Å². The quantitative estimate of drug-likeness (QED) is 0.434. The predicted octanol–water partition coefficient (Wildman–Crippen LogP) is 3.70. The summed E-state index contributed by atoms with van der Waals surface area (Å²) >= 11 is 2.91. The Morgan fingerprint density at radius 3 is 2.75 bits per heavy atom. The second-order valence-electron chi connectivity index (χ2n) is 6.39. The summed E-state index contributed by atoms with van der Waals surface area (Å²) in [6.45, 7) is 5.07. The molecule has 0 bridgehead atoms. The fourth-order valence-electron chi connectivity index (χ4n) is 3.20. The number of benzene rings is 1. The second-order valence-corrected chi connectivity index (χ2v) is 8.28. The summed E-state index contributed by atoms with van der Waals surface area (Å²) in [5.41, 5.74) is 2.30. The Bertz CT molecular complexity index is 934. The minimum absolute atomic E-state index is 0.117. The van der Waals surface area contributed by atoms with Crippen LogP contribution in [0.1, 0.15) is 22.2 Å². The van der Waals surface area contributed by atoms with Gasteiger partial charge in [0.05, 0.1) is 29.5 Å². The summed E-state index contributed by atoms with van der Waals surface area (Å²) in [7, 11) is 0. The average molecular weight is 415 g/mol. The van der Waals surface area contributed by atoms with E-state index in [1.165, 1.54) is 28.7 Å². The van der Waals surface area contributed by atoms with E-state index in [0.29, 0.717) is 19.0 Å². The molecule has 2 aromatic heterocycles. The number of hydrogen-bond acceptors (Lipinski definition) is 7. The van der Waals surface area contributed by atoms with Gasteiger partial charge in [-0.25, -0.2) is 0 Å². The highest BCUT2D eigenvalue weighted by Gasteiger charge is 2.23. The average Bonchev–Trinajstić information content (AvgIpc) is 3.43. The number of aryl methyl sites for hydroxylation is 1. The number of carbonyl (C=O) groups excluding carboxylic acids is 1. The van der Waals surface area contributed by atoms with Gasteiger partial charge < -0.3 is 9.64 Å². The standard InChI is InChI=1S/C20H22N4O2S2/c1-2-15-6-3-4-7-16(15)24-19(23-9-11-26-12-10-23)21-22-20(24)28-14-17(25)18-8-5-13-27-18/h3-8,13H,2,9-12,14H2,1H3. The Kier molecular flexibility index (Phi) is 6.09. The third-order valence-corrected chi connectivity index (χ3v) is 6.49. The van der Waals surface area contributed by atoms with E-state index in [1.54, 1.807) is 0 Å². The molecular weight excluding hydrogens is 392 g/mol. The van der Waals surface area contributed by atoms with Crippen molar-refractivity contribution in [3.8, 4) is 5.69 Å². The van der Waals surface area contributed by atoms with Gasteiger partial charge in [0.1, 0.15) is 0 Å². The molecule has 1 fully saturated rings. The van der Waals surface area contributed by atoms with E-state index in [0.717, 1.165) is 41.2 Å². The van der Waals surface area contributed by atoms with Crippen molar-refractivity contribution in [2.75, 3.05) is 37.0 Å². The van der Waals surface area contributed by atoms with E-state index in [9.17, 15) is 4.79 Å². The van der Waals surface area contributed by atoms with Gasteiger partial charge in [0.25, 0.3) is 0 Å². The third kappa shape index (κ3) is 3.99. The van der Waals surface area contributed by atoms with Gasteiger partial charge in [-0.05, 0) is 29.5 Å². The highest BCUT2D eigenvalue weighted by molar-refractivity contribution is 7.99. The van der Waals surface area contributed by atoms with Gasteiger partial charge in [-0.15, -0.1) is 21.5 Å². The number of anilines is 1. The minimum Gasteiger partial charge on any atom is -0.378 e. The Hall–Kier alpha value is -2.16. The van der Waals surface area contributed by atoms with Crippen LogP contribution >= 0.6 is 23.1 Å². The number of hydrogen-bond donors (Lipinski definition) is 0. The molecule has 28 heavy (non-hydrogen) atoms. The first-order valence-corrected chi connectivity index (χ1v) is 11.2. The lowest BCUT2D eigenvalue weighted by molar-refractivity contribution is 0.102. The predicted molar refractivity (Wildman–Crippen MR) is 113 cm³/mol. The molecule has 8 heteroatoms. The smallest absolute Gasteiger partial charge is 0.232 e. The van der Waals surface area contributed by atoms with E-state index in [4.69, 9.17) is 4.74 Å². The van der Waals surface area contributed by atoms with Crippen LogP contribution in [0.25, 0.3) is 5.69 Å². The molecule has 0 unspecified atom stereocenters. The van der Waals surface area contributed by atoms with Gasteiger partial charge in [-0.1, -0.05) is 43.0 Å². The van der Waals surface area contributed by atoms with Crippen LogP contribution in [0.15, 0.2) is 46.9 Å². The van der Waals surface area contributed by atoms with E-state index >= 15 is 0 Å². The van der Waals surface area contributed by atoms with Crippen molar-refractivity contribution >= 4 is 34.8 Å². The van der Waals surface area contributed by atoms with Crippen molar-refractivity contribution in [1.82, 2.24) is 14.8 Å². The largest absolute Gasteiger partial charge is 0.378 e. The fraction of sp³-hybridized carbons (Fsp3) is 0.350. The van der Waals surface area contributed by atoms with Gasteiger partial charge in [-0.3, -0.25) is 9.36 Å². The van der Waals surface area contributed by atoms with Crippen LogP contribution in [-0.2, 0) is 11.2 Å². The number of para-hydroxylation sites is 1. The molecule has 0 atom stereocenters. The maximum atomic E-state index is 12.5. The molecule has 1 aliphatic rings. The number of ether oxygens (including phenoxy) is 1. The number of ketones is 1. The first-order chi connectivity index (χ1) is 13.8. The molecule has 0 saturated carbocycles. The van der Waals surface area contributed by atoms with Gasteiger partial charge in [-0.2, -0.15) is 0 Å². The molecular formula is C20H22N4O2S2. The summed E-state index contributed by atoms with van der Waals surface area (Å²) in [6, 6.07) is 12.1. The molecule has 3 aromatic rings. The van der Waals surface area contributed by atoms with Crippen LogP contribution in [-0.4, -0.2) is 52.6 Å². The molecule has 6 nitrogen and oxygen atoms in total. The van der Waals surface area contributed by atoms with Crippen molar-refractivity contribution in [3.63, 3.8) is 0 Å². The number of carbonyl (C=O) groups is 1. The van der Waals surface area contributed by atoms with E-state index < -0.39 is 0 Å². The molecule has 3 heterocycles. The number of Topliss-reactive ketones (excluding diaryl/α,β-unsaturated/α-hetero) is 1. The van der Waals surface area contributed by atoms with Crippen LogP contribution in [0.4, 0.5) is 5.95 Å². The summed E-state index contributed by atoms with van der Waals surface area (Å²) in [6.07, 6.45) is 0.912. The molecule has 1 aliphatic heterocycles. The summed E-state index contributed by atoms with van der Waals surface area (Å²) in [4.78, 5) is 15.4. The molecule has 0 aliphatic carbocycles. The number of aromatic nitrogens is 3. The van der Waals surface area contributed by atoms with Crippen LogP contribution in [0.5, 0.6) is 0 Å². The van der Waals surface area contributed by atoms with Crippen LogP contribution in [0, 0.1) is 0 Å². The molecule has 1 aromatic carbocycles.